The molecular weight excluding hydrogens is 430 g/mol. The molecule has 1 atom stereocenters. The third kappa shape index (κ3) is 4.92. The van der Waals surface area contributed by atoms with Crippen LogP contribution in [0.3, 0.4) is 0 Å². The Balaban J connectivity index is 1.68. The quantitative estimate of drug-likeness (QED) is 0.551. The van der Waals surface area contributed by atoms with Crippen LogP contribution >= 0.6 is 0 Å². The molecule has 32 heavy (non-hydrogen) atoms. The van der Waals surface area contributed by atoms with Gasteiger partial charge in [-0.2, -0.15) is 0 Å². The number of esters is 1. The van der Waals surface area contributed by atoms with Gasteiger partial charge in [0.2, 0.25) is 10.0 Å². The normalized spacial score (nSPS) is 13.9. The number of nitrogens with one attached hydrogen (secondary N) is 1. The van der Waals surface area contributed by atoms with E-state index in [9.17, 15) is 13.2 Å². The van der Waals surface area contributed by atoms with Crippen molar-refractivity contribution in [2.75, 3.05) is 20.3 Å². The van der Waals surface area contributed by atoms with Crippen LogP contribution in [0.1, 0.15) is 27.5 Å². The summed E-state index contributed by atoms with van der Waals surface area (Å²) in [7, 11) is -2.69. The van der Waals surface area contributed by atoms with E-state index in [1.54, 1.807) is 12.1 Å². The molecular formula is C24H23NO6S. The van der Waals surface area contributed by atoms with Crippen molar-refractivity contribution in [3.05, 3.63) is 89.5 Å². The van der Waals surface area contributed by atoms with E-state index in [-0.39, 0.29) is 10.5 Å². The molecule has 0 radical (unpaired) electrons. The van der Waals surface area contributed by atoms with Crippen molar-refractivity contribution < 1.29 is 27.4 Å². The lowest BCUT2D eigenvalue weighted by molar-refractivity contribution is 0.0600. The number of sulfonamides is 1. The molecule has 8 heteroatoms. The molecule has 166 valence electrons. The number of fused-ring (bicyclic) bond motifs is 1. The van der Waals surface area contributed by atoms with Gasteiger partial charge < -0.3 is 14.2 Å². The largest absolute Gasteiger partial charge is 0.486 e. The van der Waals surface area contributed by atoms with Gasteiger partial charge in [-0.1, -0.05) is 42.5 Å². The van der Waals surface area contributed by atoms with Crippen LogP contribution in [0, 0.1) is 0 Å². The number of ether oxygens (including phenoxy) is 3. The number of carbonyl (C=O) groups excluding carboxylic acids is 1. The van der Waals surface area contributed by atoms with E-state index in [0.717, 1.165) is 11.1 Å². The van der Waals surface area contributed by atoms with Gasteiger partial charge in [0.1, 0.15) is 13.2 Å². The van der Waals surface area contributed by atoms with Crippen LogP contribution in [0.4, 0.5) is 0 Å². The van der Waals surface area contributed by atoms with Gasteiger partial charge in [0.15, 0.2) is 11.5 Å². The third-order valence-electron chi connectivity index (χ3n) is 5.11. The summed E-state index contributed by atoms with van der Waals surface area (Å²) in [5, 5.41) is 0. The van der Waals surface area contributed by atoms with E-state index in [4.69, 9.17) is 14.2 Å². The average molecular weight is 454 g/mol. The molecule has 1 aliphatic heterocycles. The van der Waals surface area contributed by atoms with Crippen molar-refractivity contribution in [3.8, 4) is 11.5 Å². The van der Waals surface area contributed by atoms with Crippen LogP contribution in [-0.2, 0) is 21.2 Å². The first-order chi connectivity index (χ1) is 15.5. The smallest absolute Gasteiger partial charge is 0.337 e. The molecule has 1 aliphatic rings. The molecule has 0 aliphatic carbocycles. The maximum absolute atomic E-state index is 13.2. The molecule has 3 aromatic carbocycles. The molecule has 1 unspecified atom stereocenters. The number of methoxy groups -OCH3 is 1. The molecule has 0 aromatic heterocycles. The van der Waals surface area contributed by atoms with Crippen LogP contribution < -0.4 is 14.2 Å². The van der Waals surface area contributed by atoms with Gasteiger partial charge in [0.05, 0.1) is 23.6 Å². The Morgan fingerprint density at radius 1 is 0.969 bits per heavy atom. The van der Waals surface area contributed by atoms with Crippen molar-refractivity contribution in [1.29, 1.82) is 0 Å². The maximum atomic E-state index is 13.2. The lowest BCUT2D eigenvalue weighted by atomic mass is 9.99. The molecule has 0 amide bonds. The fraction of sp³-hybridized carbons (Fsp3) is 0.208. The highest BCUT2D eigenvalue weighted by atomic mass is 32.2. The lowest BCUT2D eigenvalue weighted by Crippen LogP contribution is -2.30. The predicted molar refractivity (Wildman–Crippen MR) is 118 cm³/mol. The van der Waals surface area contributed by atoms with Crippen molar-refractivity contribution in [3.63, 3.8) is 0 Å². The Bertz CT molecular complexity index is 1210. The summed E-state index contributed by atoms with van der Waals surface area (Å²) >= 11 is 0. The highest BCUT2D eigenvalue weighted by Gasteiger charge is 2.24. The predicted octanol–water partition coefficient (Wildman–Crippen LogP) is 3.51. The fourth-order valence-corrected chi connectivity index (χ4v) is 4.79. The van der Waals surface area contributed by atoms with Gasteiger partial charge in [-0.05, 0) is 47.9 Å². The van der Waals surface area contributed by atoms with Crippen molar-refractivity contribution in [2.45, 2.75) is 17.4 Å². The van der Waals surface area contributed by atoms with Crippen LogP contribution in [0.15, 0.2) is 77.7 Å². The highest BCUT2D eigenvalue weighted by Crippen LogP contribution is 2.34. The van der Waals surface area contributed by atoms with Crippen LogP contribution in [-0.4, -0.2) is 34.7 Å². The summed E-state index contributed by atoms with van der Waals surface area (Å²) in [6.45, 7) is 0.912. The first-order valence-electron chi connectivity index (χ1n) is 10.1. The monoisotopic (exact) mass is 453 g/mol. The Morgan fingerprint density at radius 2 is 1.72 bits per heavy atom. The lowest BCUT2D eigenvalue weighted by Gasteiger charge is -2.23. The Kier molecular flexibility index (Phi) is 6.43. The molecule has 4 rings (SSSR count). The minimum Gasteiger partial charge on any atom is -0.486 e. The summed E-state index contributed by atoms with van der Waals surface area (Å²) in [5.74, 6) is 0.612. The van der Waals surface area contributed by atoms with Crippen molar-refractivity contribution in [1.82, 2.24) is 4.72 Å². The second kappa shape index (κ2) is 9.42. The maximum Gasteiger partial charge on any atom is 0.337 e. The fourth-order valence-electron chi connectivity index (χ4n) is 3.52. The second-order valence-corrected chi connectivity index (χ2v) is 9.00. The number of rotatable bonds is 7. The summed E-state index contributed by atoms with van der Waals surface area (Å²) in [6.07, 6.45) is 0.427. The zero-order valence-corrected chi connectivity index (χ0v) is 18.3. The minimum atomic E-state index is -3.94. The van der Waals surface area contributed by atoms with Crippen molar-refractivity contribution >= 4 is 16.0 Å². The van der Waals surface area contributed by atoms with E-state index in [2.05, 4.69) is 4.72 Å². The van der Waals surface area contributed by atoms with E-state index in [0.29, 0.717) is 31.1 Å². The zero-order valence-electron chi connectivity index (χ0n) is 17.5. The topological polar surface area (TPSA) is 90.9 Å². The Morgan fingerprint density at radius 3 is 2.47 bits per heavy atom. The first-order valence-corrected chi connectivity index (χ1v) is 11.6. The zero-order chi connectivity index (χ0) is 22.6. The molecule has 1 N–H and O–H groups in total. The second-order valence-electron chi connectivity index (χ2n) is 7.29. The van der Waals surface area contributed by atoms with E-state index >= 15 is 0 Å². The molecule has 1 heterocycles. The summed E-state index contributed by atoms with van der Waals surface area (Å²) < 4.78 is 45.2. The SMILES string of the molecule is COC(=O)c1cccc(S(=O)(=O)NC(Cc2ccccc2)c2ccc3c(c2)OCCO3)c1. The average Bonchev–Trinajstić information content (AvgIpc) is 2.83. The number of carbonyl (C=O) groups is 1. The number of benzene rings is 3. The van der Waals surface area contributed by atoms with E-state index in [1.165, 1.54) is 31.4 Å². The molecule has 3 aromatic rings. The molecule has 7 nitrogen and oxygen atoms in total. The molecule has 0 saturated carbocycles. The molecule has 0 spiro atoms. The molecule has 0 bridgehead atoms. The minimum absolute atomic E-state index is 0.0176. The van der Waals surface area contributed by atoms with Gasteiger partial charge in [0, 0.05) is 0 Å². The highest BCUT2D eigenvalue weighted by molar-refractivity contribution is 7.89. The summed E-state index contributed by atoms with van der Waals surface area (Å²) in [4.78, 5) is 11.8. The number of hydrogen-bond acceptors (Lipinski definition) is 6. The van der Waals surface area contributed by atoms with E-state index in [1.807, 2.05) is 36.4 Å². The van der Waals surface area contributed by atoms with Gasteiger partial charge >= 0.3 is 5.97 Å². The number of hydrogen-bond donors (Lipinski definition) is 1. The van der Waals surface area contributed by atoms with Crippen LogP contribution in [0.25, 0.3) is 0 Å². The summed E-state index contributed by atoms with van der Waals surface area (Å²) in [5.41, 5.74) is 1.87. The first kappa shape index (κ1) is 21.9. The molecule has 0 saturated heterocycles. The van der Waals surface area contributed by atoms with Crippen LogP contribution in [0.5, 0.6) is 11.5 Å². The van der Waals surface area contributed by atoms with E-state index < -0.39 is 22.0 Å². The van der Waals surface area contributed by atoms with Crippen molar-refractivity contribution in [2.24, 2.45) is 0 Å². The Labute approximate surface area is 187 Å². The Hall–Kier alpha value is -3.36. The van der Waals surface area contributed by atoms with Crippen LogP contribution in [0.2, 0.25) is 0 Å². The van der Waals surface area contributed by atoms with Gasteiger partial charge in [0.25, 0.3) is 0 Å². The third-order valence-corrected chi connectivity index (χ3v) is 6.58. The molecule has 0 fully saturated rings. The standard InChI is InChI=1S/C24H23NO6S/c1-29-24(26)19-8-5-9-20(15-19)32(27,28)25-21(14-17-6-3-2-4-7-17)18-10-11-22-23(16-18)31-13-12-30-22/h2-11,15-16,21,25H,12-14H2,1H3. The van der Waals surface area contributed by atoms with Gasteiger partial charge in [-0.25, -0.2) is 17.9 Å². The van der Waals surface area contributed by atoms with Gasteiger partial charge in [-0.15, -0.1) is 0 Å². The van der Waals surface area contributed by atoms with Gasteiger partial charge in [-0.3, -0.25) is 0 Å². The summed E-state index contributed by atoms with van der Waals surface area (Å²) in [6, 6.07) is 20.2.